The smallest absolute Gasteiger partial charge is 0.258 e. The van der Waals surface area contributed by atoms with Gasteiger partial charge < -0.3 is 10.5 Å². The van der Waals surface area contributed by atoms with Crippen molar-refractivity contribution in [2.75, 3.05) is 20.3 Å². The van der Waals surface area contributed by atoms with Crippen LogP contribution >= 0.6 is 0 Å². The predicted molar refractivity (Wildman–Crippen MR) is 68.4 cm³/mol. The Labute approximate surface area is 108 Å². The summed E-state index contributed by atoms with van der Waals surface area (Å²) < 4.78 is 31.2. The van der Waals surface area contributed by atoms with Crippen molar-refractivity contribution in [3.8, 4) is 0 Å². The van der Waals surface area contributed by atoms with Crippen molar-refractivity contribution in [2.24, 2.45) is 11.7 Å². The third kappa shape index (κ3) is 4.34. The van der Waals surface area contributed by atoms with Gasteiger partial charge in [-0.1, -0.05) is 13.0 Å². The molecular formula is C11H19N3O3S. The summed E-state index contributed by atoms with van der Waals surface area (Å²) in [6, 6.07) is 3.10. The lowest BCUT2D eigenvalue weighted by Gasteiger charge is -2.11. The SMILES string of the molecule is COCC(C)CNS(=O)(=O)c1ccc(CN)cn1. The first-order valence-corrected chi connectivity index (χ1v) is 7.11. The number of sulfonamides is 1. The molecule has 0 bridgehead atoms. The van der Waals surface area contributed by atoms with Crippen molar-refractivity contribution < 1.29 is 13.2 Å². The first-order chi connectivity index (χ1) is 8.49. The van der Waals surface area contributed by atoms with Gasteiger partial charge in [-0.3, -0.25) is 0 Å². The van der Waals surface area contributed by atoms with Gasteiger partial charge in [-0.2, -0.15) is 0 Å². The van der Waals surface area contributed by atoms with Gasteiger partial charge in [-0.25, -0.2) is 18.1 Å². The van der Waals surface area contributed by atoms with E-state index in [0.717, 1.165) is 5.56 Å². The number of nitrogens with one attached hydrogen (secondary N) is 1. The largest absolute Gasteiger partial charge is 0.384 e. The van der Waals surface area contributed by atoms with E-state index in [0.29, 0.717) is 19.7 Å². The number of ether oxygens (including phenoxy) is 1. The molecule has 0 aliphatic rings. The Bertz CT molecular complexity index is 459. The Kier molecular flexibility index (Phi) is 5.67. The lowest BCUT2D eigenvalue weighted by atomic mass is 10.2. The van der Waals surface area contributed by atoms with E-state index in [1.165, 1.54) is 12.3 Å². The second kappa shape index (κ2) is 6.79. The zero-order valence-electron chi connectivity index (χ0n) is 10.6. The molecule has 6 nitrogen and oxygen atoms in total. The minimum atomic E-state index is -3.56. The molecule has 102 valence electrons. The summed E-state index contributed by atoms with van der Waals surface area (Å²) >= 11 is 0. The zero-order chi connectivity index (χ0) is 13.6. The van der Waals surface area contributed by atoms with Gasteiger partial charge in [-0.15, -0.1) is 0 Å². The van der Waals surface area contributed by atoms with Gasteiger partial charge in [0.05, 0.1) is 0 Å². The van der Waals surface area contributed by atoms with Gasteiger partial charge in [0.25, 0.3) is 10.0 Å². The zero-order valence-corrected chi connectivity index (χ0v) is 11.4. The average molecular weight is 273 g/mol. The van der Waals surface area contributed by atoms with Gasteiger partial charge in [-0.05, 0) is 17.5 Å². The molecule has 0 aliphatic heterocycles. The minimum absolute atomic E-state index is 0.00400. The Morgan fingerprint density at radius 1 is 1.50 bits per heavy atom. The molecule has 1 rings (SSSR count). The van der Waals surface area contributed by atoms with Gasteiger partial charge in [0, 0.05) is 33.0 Å². The highest BCUT2D eigenvalue weighted by molar-refractivity contribution is 7.89. The number of hydrogen-bond acceptors (Lipinski definition) is 5. The number of pyridine rings is 1. The summed E-state index contributed by atoms with van der Waals surface area (Å²) in [6.45, 7) is 3.06. The van der Waals surface area contributed by atoms with Crippen molar-refractivity contribution in [3.05, 3.63) is 23.9 Å². The van der Waals surface area contributed by atoms with Crippen LogP contribution in [0.2, 0.25) is 0 Å². The summed E-state index contributed by atoms with van der Waals surface area (Å²) in [5, 5.41) is 0.00400. The maximum absolute atomic E-state index is 11.9. The van der Waals surface area contributed by atoms with E-state index in [9.17, 15) is 8.42 Å². The lowest BCUT2D eigenvalue weighted by Crippen LogP contribution is -2.30. The summed E-state index contributed by atoms with van der Waals surface area (Å²) in [5.74, 6) is 0.105. The molecule has 0 aliphatic carbocycles. The van der Waals surface area contributed by atoms with Crippen LogP contribution in [0.5, 0.6) is 0 Å². The van der Waals surface area contributed by atoms with Crippen LogP contribution in [0.3, 0.4) is 0 Å². The van der Waals surface area contributed by atoms with E-state index in [4.69, 9.17) is 10.5 Å². The molecule has 0 amide bonds. The summed E-state index contributed by atoms with van der Waals surface area (Å²) in [7, 11) is -1.97. The standard InChI is InChI=1S/C11H19N3O3S/c1-9(8-17-2)6-14-18(15,16)11-4-3-10(5-12)7-13-11/h3-4,7,9,14H,5-6,8,12H2,1-2H3. The van der Waals surface area contributed by atoms with Crippen molar-refractivity contribution in [1.82, 2.24) is 9.71 Å². The van der Waals surface area contributed by atoms with Crippen LogP contribution in [0, 0.1) is 5.92 Å². The van der Waals surface area contributed by atoms with Gasteiger partial charge in [0.15, 0.2) is 5.03 Å². The third-order valence-electron chi connectivity index (χ3n) is 2.38. The summed E-state index contributed by atoms with van der Waals surface area (Å²) in [4.78, 5) is 3.88. The number of rotatable bonds is 7. The molecule has 1 aromatic heterocycles. The van der Waals surface area contributed by atoms with Crippen molar-refractivity contribution in [2.45, 2.75) is 18.5 Å². The van der Waals surface area contributed by atoms with Gasteiger partial charge in [0.1, 0.15) is 0 Å². The molecule has 1 unspecified atom stereocenters. The Morgan fingerprint density at radius 3 is 2.72 bits per heavy atom. The highest BCUT2D eigenvalue weighted by Crippen LogP contribution is 2.06. The van der Waals surface area contributed by atoms with Crippen LogP contribution in [-0.2, 0) is 21.3 Å². The fourth-order valence-electron chi connectivity index (χ4n) is 1.36. The van der Waals surface area contributed by atoms with Crippen LogP contribution < -0.4 is 10.5 Å². The molecule has 0 aromatic carbocycles. The first kappa shape index (κ1) is 15.0. The molecule has 0 fully saturated rings. The van der Waals surface area contributed by atoms with Crippen molar-refractivity contribution in [1.29, 1.82) is 0 Å². The molecule has 0 saturated heterocycles. The number of aromatic nitrogens is 1. The predicted octanol–water partition coefficient (Wildman–Crippen LogP) is 0.101. The van der Waals surface area contributed by atoms with E-state index >= 15 is 0 Å². The number of hydrogen-bond donors (Lipinski definition) is 2. The molecular weight excluding hydrogens is 254 g/mol. The maximum atomic E-state index is 11.9. The first-order valence-electron chi connectivity index (χ1n) is 5.63. The number of nitrogens with two attached hydrogens (primary N) is 1. The average Bonchev–Trinajstić information content (AvgIpc) is 2.37. The Hall–Kier alpha value is -1.02. The van der Waals surface area contributed by atoms with E-state index in [1.54, 1.807) is 13.2 Å². The molecule has 0 radical (unpaired) electrons. The van der Waals surface area contributed by atoms with Gasteiger partial charge >= 0.3 is 0 Å². The maximum Gasteiger partial charge on any atom is 0.258 e. The third-order valence-corrected chi connectivity index (χ3v) is 3.72. The van der Waals surface area contributed by atoms with Crippen LogP contribution in [0.1, 0.15) is 12.5 Å². The van der Waals surface area contributed by atoms with E-state index in [-0.39, 0.29) is 10.9 Å². The molecule has 3 N–H and O–H groups in total. The van der Waals surface area contributed by atoms with E-state index < -0.39 is 10.0 Å². The van der Waals surface area contributed by atoms with Crippen LogP contribution in [0.4, 0.5) is 0 Å². The lowest BCUT2D eigenvalue weighted by molar-refractivity contribution is 0.161. The highest BCUT2D eigenvalue weighted by Gasteiger charge is 2.16. The topological polar surface area (TPSA) is 94.3 Å². The number of nitrogens with zero attached hydrogens (tertiary/aromatic N) is 1. The number of methoxy groups -OCH3 is 1. The second-order valence-corrected chi connectivity index (χ2v) is 5.84. The van der Waals surface area contributed by atoms with Crippen LogP contribution in [0.15, 0.2) is 23.4 Å². The molecule has 7 heteroatoms. The monoisotopic (exact) mass is 273 g/mol. The minimum Gasteiger partial charge on any atom is -0.384 e. The Morgan fingerprint density at radius 2 is 2.22 bits per heavy atom. The molecule has 0 saturated carbocycles. The van der Waals surface area contributed by atoms with Crippen molar-refractivity contribution in [3.63, 3.8) is 0 Å². The second-order valence-electron chi connectivity index (χ2n) is 4.12. The molecule has 18 heavy (non-hydrogen) atoms. The van der Waals surface area contributed by atoms with E-state index in [2.05, 4.69) is 9.71 Å². The van der Waals surface area contributed by atoms with Gasteiger partial charge in [0.2, 0.25) is 0 Å². The normalized spacial score (nSPS) is 13.5. The fraction of sp³-hybridized carbons (Fsp3) is 0.545. The Balaban J connectivity index is 2.67. The summed E-state index contributed by atoms with van der Waals surface area (Å²) in [6.07, 6.45) is 1.47. The molecule has 0 spiro atoms. The fourth-order valence-corrected chi connectivity index (χ4v) is 2.45. The van der Waals surface area contributed by atoms with Crippen LogP contribution in [0.25, 0.3) is 0 Å². The summed E-state index contributed by atoms with van der Waals surface area (Å²) in [5.41, 5.74) is 6.21. The van der Waals surface area contributed by atoms with E-state index in [1.807, 2.05) is 6.92 Å². The highest BCUT2D eigenvalue weighted by atomic mass is 32.2. The quantitative estimate of drug-likeness (QED) is 0.735. The van der Waals surface area contributed by atoms with Crippen LogP contribution in [-0.4, -0.2) is 33.7 Å². The molecule has 1 atom stereocenters. The molecule has 1 heterocycles. The molecule has 1 aromatic rings. The van der Waals surface area contributed by atoms with Crippen molar-refractivity contribution >= 4 is 10.0 Å².